The molecule has 12 heteroatoms. The van der Waals surface area contributed by atoms with Crippen LogP contribution in [0.5, 0.6) is 0 Å². The molecule has 1 amide bonds. The SMILES string of the molecule is Nc1ncc2c(n1)CCC(NS(=O)(=O)c1ccc3c(c1)CN(C(=O)C(F)(F)F)CC3)C2. The number of benzene rings is 1. The number of hydrogen-bond acceptors (Lipinski definition) is 6. The highest BCUT2D eigenvalue weighted by atomic mass is 32.2. The summed E-state index contributed by atoms with van der Waals surface area (Å²) in [6, 6.07) is 3.99. The summed E-state index contributed by atoms with van der Waals surface area (Å²) >= 11 is 0. The fraction of sp³-hybridized carbons (Fsp3) is 0.421. The van der Waals surface area contributed by atoms with Gasteiger partial charge in [-0.1, -0.05) is 6.07 Å². The molecule has 8 nitrogen and oxygen atoms in total. The highest BCUT2D eigenvalue weighted by molar-refractivity contribution is 7.89. The molecule has 0 radical (unpaired) electrons. The molecule has 0 saturated heterocycles. The second-order valence-electron chi connectivity index (χ2n) is 7.67. The van der Waals surface area contributed by atoms with Crippen molar-refractivity contribution in [3.05, 3.63) is 46.8 Å². The summed E-state index contributed by atoms with van der Waals surface area (Å²) in [7, 11) is -3.91. The van der Waals surface area contributed by atoms with Crippen molar-refractivity contribution in [2.75, 3.05) is 12.3 Å². The summed E-state index contributed by atoms with van der Waals surface area (Å²) in [6.45, 7) is -0.351. The summed E-state index contributed by atoms with van der Waals surface area (Å²) in [5.74, 6) is -1.75. The summed E-state index contributed by atoms with van der Waals surface area (Å²) in [5.41, 5.74) is 8.32. The molecule has 0 bridgehead atoms. The molecule has 0 spiro atoms. The summed E-state index contributed by atoms with van der Waals surface area (Å²) in [5, 5.41) is 0. The van der Waals surface area contributed by atoms with Crippen molar-refractivity contribution in [3.63, 3.8) is 0 Å². The molecule has 0 saturated carbocycles. The summed E-state index contributed by atoms with van der Waals surface area (Å²) in [6.07, 6.45) is -1.66. The predicted octanol–water partition coefficient (Wildman–Crippen LogP) is 1.34. The molecule has 4 rings (SSSR count). The number of hydrogen-bond donors (Lipinski definition) is 2. The molecule has 1 atom stereocenters. The lowest BCUT2D eigenvalue weighted by Gasteiger charge is -2.30. The van der Waals surface area contributed by atoms with Gasteiger partial charge in [0.05, 0.1) is 4.90 Å². The first-order valence-corrected chi connectivity index (χ1v) is 11.1. The van der Waals surface area contributed by atoms with Crippen molar-refractivity contribution in [1.29, 1.82) is 0 Å². The van der Waals surface area contributed by atoms with Gasteiger partial charge in [0.15, 0.2) is 0 Å². The zero-order valence-electron chi connectivity index (χ0n) is 16.3. The molecule has 1 aromatic carbocycles. The number of aromatic nitrogens is 2. The Morgan fingerprint density at radius 2 is 1.97 bits per heavy atom. The van der Waals surface area contributed by atoms with Crippen LogP contribution in [0.1, 0.15) is 28.8 Å². The molecule has 166 valence electrons. The number of nitrogens with one attached hydrogen (secondary N) is 1. The van der Waals surface area contributed by atoms with E-state index >= 15 is 0 Å². The molecule has 1 aromatic heterocycles. The van der Waals surface area contributed by atoms with Crippen LogP contribution < -0.4 is 10.5 Å². The van der Waals surface area contributed by atoms with Crippen molar-refractivity contribution in [2.24, 2.45) is 0 Å². The van der Waals surface area contributed by atoms with E-state index in [1.807, 2.05) is 0 Å². The standard InChI is InChI=1S/C19H20F3N5O3S/c20-19(21,22)17(28)27-6-5-11-1-3-15(8-13(11)10-27)31(29,30)26-14-2-4-16-12(7-14)9-24-18(23)25-16/h1,3,8-9,14,26H,2,4-7,10H2,(H2,23,24,25). The number of alkyl halides is 3. The monoisotopic (exact) mass is 455 g/mol. The topological polar surface area (TPSA) is 118 Å². The average Bonchev–Trinajstić information content (AvgIpc) is 2.71. The van der Waals surface area contributed by atoms with E-state index < -0.39 is 22.1 Å². The Morgan fingerprint density at radius 3 is 2.71 bits per heavy atom. The van der Waals surface area contributed by atoms with Gasteiger partial charge in [0.1, 0.15) is 0 Å². The molecule has 0 fully saturated rings. The normalized spacial score (nSPS) is 18.9. The first-order chi connectivity index (χ1) is 14.5. The van der Waals surface area contributed by atoms with Gasteiger partial charge in [-0.3, -0.25) is 4.79 Å². The number of nitrogens with zero attached hydrogens (tertiary/aromatic N) is 3. The molecule has 2 heterocycles. The lowest BCUT2D eigenvalue weighted by atomic mass is 9.94. The molecule has 1 aliphatic heterocycles. The van der Waals surface area contributed by atoms with E-state index in [4.69, 9.17) is 5.73 Å². The van der Waals surface area contributed by atoms with E-state index in [0.29, 0.717) is 29.7 Å². The van der Waals surface area contributed by atoms with E-state index in [2.05, 4.69) is 14.7 Å². The molecule has 3 N–H and O–H groups in total. The van der Waals surface area contributed by atoms with Crippen LogP contribution in [0.4, 0.5) is 19.1 Å². The van der Waals surface area contributed by atoms with Gasteiger partial charge in [-0.2, -0.15) is 13.2 Å². The minimum atomic E-state index is -4.96. The molecule has 1 aliphatic carbocycles. The number of carbonyl (C=O) groups excluding carboxylic acids is 1. The van der Waals surface area contributed by atoms with E-state index in [-0.39, 0.29) is 36.4 Å². The van der Waals surface area contributed by atoms with Crippen LogP contribution in [0.3, 0.4) is 0 Å². The first kappa shape index (κ1) is 21.5. The van der Waals surface area contributed by atoms with Crippen LogP contribution in [-0.2, 0) is 40.6 Å². The molecule has 2 aromatic rings. The molecule has 2 aliphatic rings. The largest absolute Gasteiger partial charge is 0.471 e. The number of amides is 1. The number of sulfonamides is 1. The zero-order valence-corrected chi connectivity index (χ0v) is 17.1. The molecule has 31 heavy (non-hydrogen) atoms. The van der Waals surface area contributed by atoms with Crippen LogP contribution in [-0.4, -0.2) is 48.0 Å². The van der Waals surface area contributed by atoms with Gasteiger partial charge in [-0.15, -0.1) is 0 Å². The van der Waals surface area contributed by atoms with E-state index in [1.165, 1.54) is 12.1 Å². The Hall–Kier alpha value is -2.73. The van der Waals surface area contributed by atoms with Crippen molar-refractivity contribution in [1.82, 2.24) is 19.6 Å². The van der Waals surface area contributed by atoms with Crippen LogP contribution >= 0.6 is 0 Å². The third-order valence-corrected chi connectivity index (χ3v) is 7.04. The second kappa shape index (κ2) is 7.75. The maximum absolute atomic E-state index is 12.9. The van der Waals surface area contributed by atoms with Gasteiger partial charge in [-0.05, 0) is 54.5 Å². The quantitative estimate of drug-likeness (QED) is 0.721. The second-order valence-corrected chi connectivity index (χ2v) is 9.38. The number of aryl methyl sites for hydroxylation is 1. The smallest absolute Gasteiger partial charge is 0.368 e. The first-order valence-electron chi connectivity index (χ1n) is 9.63. The van der Waals surface area contributed by atoms with Gasteiger partial charge in [0.25, 0.3) is 0 Å². The number of anilines is 1. The Morgan fingerprint density at radius 1 is 1.19 bits per heavy atom. The minimum Gasteiger partial charge on any atom is -0.368 e. The maximum atomic E-state index is 12.9. The van der Waals surface area contributed by atoms with Gasteiger partial charge < -0.3 is 10.6 Å². The lowest BCUT2D eigenvalue weighted by Crippen LogP contribution is -2.43. The highest BCUT2D eigenvalue weighted by Gasteiger charge is 2.43. The highest BCUT2D eigenvalue weighted by Crippen LogP contribution is 2.27. The maximum Gasteiger partial charge on any atom is 0.471 e. The number of halogens is 3. The predicted molar refractivity (Wildman–Crippen MR) is 104 cm³/mol. The van der Waals surface area contributed by atoms with Crippen LogP contribution in [0.15, 0.2) is 29.3 Å². The number of rotatable bonds is 3. The van der Waals surface area contributed by atoms with Crippen LogP contribution in [0.2, 0.25) is 0 Å². The van der Waals surface area contributed by atoms with E-state index in [9.17, 15) is 26.4 Å². The van der Waals surface area contributed by atoms with Gasteiger partial charge >= 0.3 is 12.1 Å². The Balaban J connectivity index is 1.51. The average molecular weight is 455 g/mol. The molecule has 1 unspecified atom stereocenters. The van der Waals surface area contributed by atoms with Crippen molar-refractivity contribution >= 4 is 21.9 Å². The number of carbonyl (C=O) groups is 1. The Kier molecular flexibility index (Phi) is 5.38. The van der Waals surface area contributed by atoms with Crippen molar-refractivity contribution in [3.8, 4) is 0 Å². The number of fused-ring (bicyclic) bond motifs is 2. The Labute approximate surface area is 176 Å². The van der Waals surface area contributed by atoms with Crippen molar-refractivity contribution in [2.45, 2.75) is 49.3 Å². The van der Waals surface area contributed by atoms with Crippen LogP contribution in [0.25, 0.3) is 0 Å². The van der Waals surface area contributed by atoms with Gasteiger partial charge in [-0.25, -0.2) is 23.1 Å². The molecular formula is C19H20F3N5O3S. The minimum absolute atomic E-state index is 0.0492. The van der Waals surface area contributed by atoms with Gasteiger partial charge in [0, 0.05) is 31.0 Å². The number of nitrogen functional groups attached to an aromatic ring is 1. The Bertz CT molecular complexity index is 1140. The van der Waals surface area contributed by atoms with Gasteiger partial charge in [0.2, 0.25) is 16.0 Å². The molecular weight excluding hydrogens is 435 g/mol. The van der Waals surface area contributed by atoms with E-state index in [1.54, 1.807) is 12.3 Å². The summed E-state index contributed by atoms with van der Waals surface area (Å²) < 4.78 is 66.7. The fourth-order valence-corrected chi connectivity index (χ4v) is 5.28. The fourth-order valence-electron chi connectivity index (χ4n) is 3.96. The van der Waals surface area contributed by atoms with E-state index in [0.717, 1.165) is 16.8 Å². The third-order valence-electron chi connectivity index (χ3n) is 5.52. The van der Waals surface area contributed by atoms with Crippen molar-refractivity contribution < 1.29 is 26.4 Å². The lowest BCUT2D eigenvalue weighted by molar-refractivity contribution is -0.186. The zero-order chi connectivity index (χ0) is 22.4. The third kappa shape index (κ3) is 4.49. The number of nitrogens with two attached hydrogens (primary N) is 1. The van der Waals surface area contributed by atoms with Crippen LogP contribution in [0, 0.1) is 0 Å². The summed E-state index contributed by atoms with van der Waals surface area (Å²) in [4.78, 5) is 20.3.